The quantitative estimate of drug-likeness (QED) is 0.446. The van der Waals surface area contributed by atoms with Crippen LogP contribution in [0.1, 0.15) is 46.1 Å². The molecule has 5 unspecified atom stereocenters. The maximum atomic E-state index is 13.6. The van der Waals surface area contributed by atoms with Crippen LogP contribution in [0.2, 0.25) is 0 Å². The van der Waals surface area contributed by atoms with E-state index in [1.807, 2.05) is 64.1 Å². The Bertz CT molecular complexity index is 829. The predicted octanol–water partition coefficient (Wildman–Crippen LogP) is 4.53. The Balaban J connectivity index is 2.20. The van der Waals surface area contributed by atoms with Crippen LogP contribution in [0.4, 0.5) is 4.79 Å². The summed E-state index contributed by atoms with van der Waals surface area (Å²) in [6, 6.07) is 9.79. The lowest BCUT2D eigenvalue weighted by atomic mass is 9.94. The number of thioether (sulfide) groups is 1. The minimum atomic E-state index is -0.579. The van der Waals surface area contributed by atoms with Gasteiger partial charge in [-0.1, -0.05) is 43.8 Å². The lowest BCUT2D eigenvalue weighted by Gasteiger charge is -2.37. The monoisotopic (exact) mass is 505 g/mol. The standard InChI is InChI=1S/C27H43N3O4S/c1-9-29(6)25(35-8)21(18-20-14-11-10-12-15-20)28-24(31)19(2)23(33-7)22-16-13-17-30(22)26(32)34-27(3,4)5/h9-12,14-15,19,21-23,25H,1,13,16-18H2,2-8H3,(H,28,31). The lowest BCUT2D eigenvalue weighted by Crippen LogP contribution is -2.54. The summed E-state index contributed by atoms with van der Waals surface area (Å²) in [5, 5.41) is 3.30. The molecule has 0 radical (unpaired) electrons. The number of carbonyl (C=O) groups excluding carboxylic acids is 2. The first-order valence-electron chi connectivity index (χ1n) is 12.3. The predicted molar refractivity (Wildman–Crippen MR) is 143 cm³/mol. The molecule has 1 aliphatic heterocycles. The Morgan fingerprint density at radius 3 is 2.51 bits per heavy atom. The van der Waals surface area contributed by atoms with Crippen molar-refractivity contribution < 1.29 is 19.1 Å². The van der Waals surface area contributed by atoms with Crippen molar-refractivity contribution in [1.29, 1.82) is 0 Å². The minimum Gasteiger partial charge on any atom is -0.444 e. The van der Waals surface area contributed by atoms with Crippen LogP contribution in [0, 0.1) is 5.92 Å². The zero-order valence-corrected chi connectivity index (χ0v) is 23.1. The largest absolute Gasteiger partial charge is 0.444 e. The van der Waals surface area contributed by atoms with E-state index in [9.17, 15) is 9.59 Å². The van der Waals surface area contributed by atoms with Gasteiger partial charge < -0.3 is 24.6 Å². The van der Waals surface area contributed by atoms with Gasteiger partial charge in [-0.25, -0.2) is 4.79 Å². The van der Waals surface area contributed by atoms with Crippen LogP contribution in [-0.2, 0) is 20.7 Å². The smallest absolute Gasteiger partial charge is 0.410 e. The summed E-state index contributed by atoms with van der Waals surface area (Å²) in [6.07, 6.45) is 5.34. The van der Waals surface area contributed by atoms with Gasteiger partial charge in [-0.05, 0) is 58.1 Å². The highest BCUT2D eigenvalue weighted by atomic mass is 32.2. The number of likely N-dealkylation sites (tertiary alicyclic amines) is 1. The average molecular weight is 506 g/mol. The van der Waals surface area contributed by atoms with Gasteiger partial charge in [0.15, 0.2) is 0 Å². The molecular formula is C27H43N3O4S. The Kier molecular flexibility index (Phi) is 11.0. The molecule has 8 heteroatoms. The molecule has 1 heterocycles. The maximum absolute atomic E-state index is 13.6. The summed E-state index contributed by atoms with van der Waals surface area (Å²) in [5.74, 6) is -0.548. The molecule has 1 saturated heterocycles. The first-order chi connectivity index (χ1) is 16.5. The molecule has 1 N–H and O–H groups in total. The van der Waals surface area contributed by atoms with Crippen LogP contribution < -0.4 is 5.32 Å². The number of nitrogens with zero attached hydrogens (tertiary/aromatic N) is 2. The molecule has 1 aromatic carbocycles. The number of amides is 2. The second-order valence-electron chi connectivity index (χ2n) is 10.2. The van der Waals surface area contributed by atoms with E-state index >= 15 is 0 Å². The van der Waals surface area contributed by atoms with Gasteiger partial charge in [0, 0.05) is 20.7 Å². The van der Waals surface area contributed by atoms with Crippen molar-refractivity contribution in [2.75, 3.05) is 27.0 Å². The average Bonchev–Trinajstić information content (AvgIpc) is 3.29. The van der Waals surface area contributed by atoms with Gasteiger partial charge in [0.05, 0.1) is 29.5 Å². The van der Waals surface area contributed by atoms with Crippen molar-refractivity contribution in [2.45, 2.75) is 76.1 Å². The zero-order chi connectivity index (χ0) is 26.2. The number of rotatable bonds is 11. The molecular weight excluding hydrogens is 462 g/mol. The Morgan fingerprint density at radius 2 is 1.97 bits per heavy atom. The SMILES string of the molecule is C=CN(C)C(SC)C(Cc1ccccc1)NC(=O)C(C)C(OC)C1CCCN1C(=O)OC(C)(C)C. The number of hydrogen-bond acceptors (Lipinski definition) is 6. The number of methoxy groups -OCH3 is 1. The van der Waals surface area contributed by atoms with E-state index in [1.54, 1.807) is 30.0 Å². The van der Waals surface area contributed by atoms with Gasteiger partial charge in [0.25, 0.3) is 0 Å². The van der Waals surface area contributed by atoms with E-state index in [-0.39, 0.29) is 29.5 Å². The molecule has 2 amide bonds. The van der Waals surface area contributed by atoms with E-state index in [1.165, 1.54) is 0 Å². The molecule has 7 nitrogen and oxygen atoms in total. The lowest BCUT2D eigenvalue weighted by molar-refractivity contribution is -0.131. The van der Waals surface area contributed by atoms with E-state index in [4.69, 9.17) is 9.47 Å². The number of nitrogens with one attached hydrogen (secondary N) is 1. The molecule has 35 heavy (non-hydrogen) atoms. The van der Waals surface area contributed by atoms with Gasteiger partial charge in [-0.15, -0.1) is 11.8 Å². The van der Waals surface area contributed by atoms with Crippen molar-refractivity contribution in [3.05, 3.63) is 48.7 Å². The molecule has 0 spiro atoms. The van der Waals surface area contributed by atoms with Crippen molar-refractivity contribution in [3.8, 4) is 0 Å². The Morgan fingerprint density at radius 1 is 1.31 bits per heavy atom. The number of carbonyl (C=O) groups is 2. The third kappa shape index (κ3) is 8.17. The number of benzene rings is 1. The van der Waals surface area contributed by atoms with E-state index in [0.29, 0.717) is 13.0 Å². The van der Waals surface area contributed by atoms with Gasteiger partial charge >= 0.3 is 6.09 Å². The molecule has 0 bridgehead atoms. The number of likely N-dealkylation sites (N-methyl/N-ethyl adjacent to an activating group) is 1. The summed E-state index contributed by atoms with van der Waals surface area (Å²) in [4.78, 5) is 30.1. The Hall–Kier alpha value is -2.19. The zero-order valence-electron chi connectivity index (χ0n) is 22.3. The molecule has 1 aromatic rings. The molecule has 2 rings (SSSR count). The highest BCUT2D eigenvalue weighted by Crippen LogP contribution is 2.28. The van der Waals surface area contributed by atoms with Crippen molar-refractivity contribution in [1.82, 2.24) is 15.1 Å². The number of ether oxygens (including phenoxy) is 2. The minimum absolute atomic E-state index is 0.00888. The highest BCUT2D eigenvalue weighted by Gasteiger charge is 2.42. The molecule has 196 valence electrons. The van der Waals surface area contributed by atoms with Crippen LogP contribution in [0.15, 0.2) is 43.1 Å². The van der Waals surface area contributed by atoms with Crippen LogP contribution in [0.25, 0.3) is 0 Å². The van der Waals surface area contributed by atoms with Crippen LogP contribution in [0.3, 0.4) is 0 Å². The molecule has 0 saturated carbocycles. The van der Waals surface area contributed by atoms with Crippen molar-refractivity contribution >= 4 is 23.8 Å². The summed E-state index contributed by atoms with van der Waals surface area (Å²) in [5.41, 5.74) is 0.571. The molecule has 1 fully saturated rings. The first-order valence-corrected chi connectivity index (χ1v) is 13.5. The maximum Gasteiger partial charge on any atom is 0.410 e. The number of hydrogen-bond donors (Lipinski definition) is 1. The van der Waals surface area contributed by atoms with Crippen molar-refractivity contribution in [2.24, 2.45) is 5.92 Å². The third-order valence-corrected chi connectivity index (χ3v) is 7.53. The molecule has 0 aliphatic carbocycles. The van der Waals surface area contributed by atoms with Crippen LogP contribution in [-0.4, -0.2) is 77.9 Å². The van der Waals surface area contributed by atoms with Gasteiger partial charge in [-0.3, -0.25) is 4.79 Å². The first kappa shape index (κ1) is 29.0. The van der Waals surface area contributed by atoms with Gasteiger partial charge in [0.2, 0.25) is 5.91 Å². The highest BCUT2D eigenvalue weighted by molar-refractivity contribution is 7.99. The summed E-state index contributed by atoms with van der Waals surface area (Å²) in [6.45, 7) is 12.0. The third-order valence-electron chi connectivity index (χ3n) is 6.39. The fourth-order valence-corrected chi connectivity index (χ4v) is 5.56. The summed E-state index contributed by atoms with van der Waals surface area (Å²) in [7, 11) is 3.58. The summed E-state index contributed by atoms with van der Waals surface area (Å²) < 4.78 is 11.5. The fourth-order valence-electron chi connectivity index (χ4n) is 4.65. The van der Waals surface area contributed by atoms with Gasteiger partial charge in [0.1, 0.15) is 5.60 Å². The normalized spacial score (nSPS) is 19.4. The van der Waals surface area contributed by atoms with Crippen LogP contribution in [0.5, 0.6) is 0 Å². The molecule has 0 aromatic heterocycles. The topological polar surface area (TPSA) is 71.1 Å². The second-order valence-corrected chi connectivity index (χ2v) is 11.1. The summed E-state index contributed by atoms with van der Waals surface area (Å²) >= 11 is 1.67. The van der Waals surface area contributed by atoms with Gasteiger partial charge in [-0.2, -0.15) is 0 Å². The van der Waals surface area contributed by atoms with E-state index < -0.39 is 17.6 Å². The Labute approximate surface area is 215 Å². The van der Waals surface area contributed by atoms with E-state index in [2.05, 4.69) is 24.0 Å². The van der Waals surface area contributed by atoms with Crippen LogP contribution >= 0.6 is 11.8 Å². The molecule has 1 aliphatic rings. The fraction of sp³-hybridized carbons (Fsp3) is 0.630. The van der Waals surface area contributed by atoms with E-state index in [0.717, 1.165) is 18.4 Å². The van der Waals surface area contributed by atoms with Crippen molar-refractivity contribution in [3.63, 3.8) is 0 Å². The molecule has 5 atom stereocenters. The second kappa shape index (κ2) is 13.2.